The number of halogens is 1. The van der Waals surface area contributed by atoms with Gasteiger partial charge in [-0.05, 0) is 60.9 Å². The summed E-state index contributed by atoms with van der Waals surface area (Å²) in [5.74, 6) is -2.47. The molecule has 2 aliphatic heterocycles. The molecule has 2 aliphatic carbocycles. The summed E-state index contributed by atoms with van der Waals surface area (Å²) in [6, 6.07) is 14.4. The number of anilines is 1. The van der Waals surface area contributed by atoms with E-state index < -0.39 is 23.8 Å². The number of para-hydroxylation sites is 1. The molecule has 3 fully saturated rings. The molecule has 4 aliphatic rings. The standard InChI is InChI=1S/C28H24FN3O4S2/c1-12(24(33)30-15-5-3-2-4-6-15)32-26(34)20-16-11-17(21(20)27(32)35)22-19(16)18(13-7-9-14(29)10-8-13)23-25(37-22)31-28(36)38-23/h2-10,12,16-22H,11H2,1H3,(H,30,33)(H,31,36). The lowest BCUT2D eigenvalue weighted by Gasteiger charge is -2.43. The minimum Gasteiger partial charge on any atom is -0.324 e. The Morgan fingerprint density at radius 2 is 1.71 bits per heavy atom. The number of nitrogens with one attached hydrogen (secondary N) is 2. The van der Waals surface area contributed by atoms with Crippen LogP contribution in [0.1, 0.15) is 29.7 Å². The molecule has 8 unspecified atom stereocenters. The molecule has 1 aromatic heterocycles. The minimum absolute atomic E-state index is 0.0285. The van der Waals surface area contributed by atoms with Crippen LogP contribution in [0.15, 0.2) is 64.4 Å². The van der Waals surface area contributed by atoms with Gasteiger partial charge in [-0.25, -0.2) is 4.39 Å². The van der Waals surface area contributed by atoms with Crippen LogP contribution in [0, 0.1) is 35.4 Å². The van der Waals surface area contributed by atoms with Gasteiger partial charge in [-0.15, -0.1) is 11.8 Å². The number of thioether (sulfide) groups is 1. The highest BCUT2D eigenvalue weighted by atomic mass is 32.2. The van der Waals surface area contributed by atoms with Crippen molar-refractivity contribution >= 4 is 46.5 Å². The maximum atomic E-state index is 13.8. The lowest BCUT2D eigenvalue weighted by atomic mass is 9.68. The van der Waals surface area contributed by atoms with Crippen LogP contribution >= 0.6 is 23.1 Å². The van der Waals surface area contributed by atoms with E-state index in [-0.39, 0.29) is 51.4 Å². The lowest BCUT2D eigenvalue weighted by Crippen LogP contribution is -2.46. The number of nitrogens with zero attached hydrogens (tertiary/aromatic N) is 1. The highest BCUT2D eigenvalue weighted by Crippen LogP contribution is 2.68. The predicted octanol–water partition coefficient (Wildman–Crippen LogP) is 4.08. The van der Waals surface area contributed by atoms with E-state index in [1.165, 1.54) is 28.4 Å². The van der Waals surface area contributed by atoms with Crippen LogP contribution in [0.25, 0.3) is 0 Å². The molecule has 2 bridgehead atoms. The number of amides is 3. The quantitative estimate of drug-likeness (QED) is 0.478. The first-order chi connectivity index (χ1) is 18.3. The molecule has 2 aromatic carbocycles. The van der Waals surface area contributed by atoms with E-state index in [9.17, 15) is 23.6 Å². The van der Waals surface area contributed by atoms with E-state index in [0.717, 1.165) is 21.9 Å². The highest BCUT2D eigenvalue weighted by molar-refractivity contribution is 8.00. The number of aromatic nitrogens is 1. The number of likely N-dealkylation sites (tertiary alicyclic amines) is 1. The Kier molecular flexibility index (Phi) is 5.42. The molecule has 3 amide bonds. The number of benzene rings is 2. The van der Waals surface area contributed by atoms with Crippen molar-refractivity contribution in [2.24, 2.45) is 29.6 Å². The molecule has 194 valence electrons. The van der Waals surface area contributed by atoms with Crippen LogP contribution in [-0.4, -0.2) is 38.9 Å². The van der Waals surface area contributed by atoms with Gasteiger partial charge in [-0.2, -0.15) is 0 Å². The first-order valence-corrected chi connectivity index (χ1v) is 14.4. The molecule has 3 aromatic rings. The summed E-state index contributed by atoms with van der Waals surface area (Å²) in [6.07, 6.45) is 0.754. The Morgan fingerprint density at radius 1 is 1.03 bits per heavy atom. The number of carbonyl (C=O) groups excluding carboxylic acids is 3. The summed E-state index contributed by atoms with van der Waals surface area (Å²) in [7, 11) is 0. The van der Waals surface area contributed by atoms with Crippen LogP contribution in [0.5, 0.6) is 0 Å². The molecule has 0 spiro atoms. The molecule has 3 heterocycles. The maximum Gasteiger partial charge on any atom is 0.305 e. The number of hydrogen-bond acceptors (Lipinski definition) is 6. The monoisotopic (exact) mass is 549 g/mol. The fourth-order valence-electron chi connectivity index (χ4n) is 7.35. The van der Waals surface area contributed by atoms with Crippen molar-refractivity contribution in [1.82, 2.24) is 9.88 Å². The Bertz CT molecular complexity index is 1520. The summed E-state index contributed by atoms with van der Waals surface area (Å²) in [5, 5.41) is 3.66. The third-order valence-electron chi connectivity index (χ3n) is 8.80. The maximum absolute atomic E-state index is 13.8. The Morgan fingerprint density at radius 3 is 2.42 bits per heavy atom. The molecule has 0 radical (unpaired) electrons. The van der Waals surface area contributed by atoms with Crippen molar-refractivity contribution in [3.8, 4) is 0 Å². The first kappa shape index (κ1) is 23.8. The van der Waals surface area contributed by atoms with Crippen molar-refractivity contribution in [2.45, 2.75) is 35.6 Å². The molecule has 10 heteroatoms. The predicted molar refractivity (Wildman–Crippen MR) is 141 cm³/mol. The van der Waals surface area contributed by atoms with E-state index in [1.54, 1.807) is 55.1 Å². The Balaban J connectivity index is 1.22. The lowest BCUT2D eigenvalue weighted by molar-refractivity contribution is -0.146. The molecule has 8 atom stereocenters. The van der Waals surface area contributed by atoms with Crippen LogP contribution in [-0.2, 0) is 14.4 Å². The molecule has 7 rings (SSSR count). The zero-order chi connectivity index (χ0) is 26.3. The molecular formula is C28H24FN3O4S2. The number of carbonyl (C=O) groups is 3. The minimum atomic E-state index is -0.930. The summed E-state index contributed by atoms with van der Waals surface area (Å²) in [5.41, 5.74) is 1.51. The average molecular weight is 550 g/mol. The number of aromatic amines is 1. The number of thiazole rings is 1. The van der Waals surface area contributed by atoms with E-state index in [2.05, 4.69) is 10.3 Å². The van der Waals surface area contributed by atoms with Crippen molar-refractivity contribution in [3.63, 3.8) is 0 Å². The van der Waals surface area contributed by atoms with Gasteiger partial charge < -0.3 is 10.3 Å². The third kappa shape index (κ3) is 3.39. The largest absolute Gasteiger partial charge is 0.324 e. The van der Waals surface area contributed by atoms with E-state index in [0.29, 0.717) is 5.69 Å². The van der Waals surface area contributed by atoms with Gasteiger partial charge in [0.25, 0.3) is 0 Å². The van der Waals surface area contributed by atoms with Crippen molar-refractivity contribution in [1.29, 1.82) is 0 Å². The topological polar surface area (TPSA) is 99.3 Å². The van der Waals surface area contributed by atoms with Crippen LogP contribution in [0.4, 0.5) is 10.1 Å². The van der Waals surface area contributed by atoms with Gasteiger partial charge >= 0.3 is 4.87 Å². The van der Waals surface area contributed by atoms with Crippen LogP contribution in [0.2, 0.25) is 0 Å². The van der Waals surface area contributed by atoms with Crippen LogP contribution in [0.3, 0.4) is 0 Å². The summed E-state index contributed by atoms with van der Waals surface area (Å²) >= 11 is 2.77. The van der Waals surface area contributed by atoms with Gasteiger partial charge in [0.05, 0.1) is 16.9 Å². The van der Waals surface area contributed by atoms with Gasteiger partial charge in [0.15, 0.2) is 0 Å². The smallest absolute Gasteiger partial charge is 0.305 e. The van der Waals surface area contributed by atoms with Gasteiger partial charge in [0, 0.05) is 21.7 Å². The van der Waals surface area contributed by atoms with E-state index >= 15 is 0 Å². The fourth-order valence-corrected chi connectivity index (χ4v) is 10.2. The normalized spacial score (nSPS) is 31.6. The SMILES string of the molecule is CC(C(=O)Nc1ccccc1)N1C(=O)C2C3CC(C2C1=O)C1C(c2ccc(F)cc2)c2sc(=O)[nH]c2SC31. The van der Waals surface area contributed by atoms with Gasteiger partial charge in [0.2, 0.25) is 17.7 Å². The fraction of sp³-hybridized carbons (Fsp3) is 0.357. The van der Waals surface area contributed by atoms with Crippen molar-refractivity contribution in [3.05, 3.63) is 80.5 Å². The molecule has 38 heavy (non-hydrogen) atoms. The molecule has 2 saturated carbocycles. The second-order valence-corrected chi connectivity index (χ2v) is 12.8. The molecule has 7 nitrogen and oxygen atoms in total. The van der Waals surface area contributed by atoms with Gasteiger partial charge in [-0.1, -0.05) is 41.7 Å². The van der Waals surface area contributed by atoms with Crippen molar-refractivity contribution in [2.75, 3.05) is 5.32 Å². The number of H-pyrrole nitrogens is 1. The summed E-state index contributed by atoms with van der Waals surface area (Å²) < 4.78 is 13.8. The molecular weight excluding hydrogens is 525 g/mol. The number of imide groups is 1. The number of hydrogen-bond donors (Lipinski definition) is 2. The zero-order valence-electron chi connectivity index (χ0n) is 20.3. The first-order valence-electron chi connectivity index (χ1n) is 12.7. The molecule has 2 N–H and O–H groups in total. The van der Waals surface area contributed by atoms with Crippen LogP contribution < -0.4 is 10.2 Å². The van der Waals surface area contributed by atoms with Gasteiger partial charge in [-0.3, -0.25) is 24.1 Å². The third-order valence-corrected chi connectivity index (χ3v) is 11.4. The highest BCUT2D eigenvalue weighted by Gasteiger charge is 2.70. The Labute approximate surface area is 225 Å². The zero-order valence-corrected chi connectivity index (χ0v) is 21.9. The Hall–Kier alpha value is -3.24. The average Bonchev–Trinajstić information content (AvgIpc) is 3.63. The van der Waals surface area contributed by atoms with Crippen molar-refractivity contribution < 1.29 is 18.8 Å². The number of fused-ring (bicyclic) bond motifs is 9. The number of rotatable bonds is 4. The van der Waals surface area contributed by atoms with E-state index in [4.69, 9.17) is 0 Å². The second-order valence-electron chi connectivity index (χ2n) is 10.6. The van der Waals surface area contributed by atoms with E-state index in [1.807, 2.05) is 6.07 Å². The summed E-state index contributed by atoms with van der Waals surface area (Å²) in [4.78, 5) is 57.8. The molecule has 1 saturated heterocycles. The summed E-state index contributed by atoms with van der Waals surface area (Å²) in [6.45, 7) is 1.60. The van der Waals surface area contributed by atoms with Gasteiger partial charge in [0.1, 0.15) is 11.9 Å². The second kappa shape index (κ2) is 8.64.